The summed E-state index contributed by atoms with van der Waals surface area (Å²) < 4.78 is 48.7. The molecule has 31 heavy (non-hydrogen) atoms. The minimum Gasteiger partial charge on any atom is -0.490 e. The molecule has 0 unspecified atom stereocenters. The van der Waals surface area contributed by atoms with Gasteiger partial charge in [-0.15, -0.1) is 11.3 Å². The van der Waals surface area contributed by atoms with Gasteiger partial charge in [0.05, 0.1) is 25.5 Å². The number of rotatable bonds is 6. The molecule has 0 amide bonds. The molecule has 0 fully saturated rings. The van der Waals surface area contributed by atoms with Gasteiger partial charge in [0, 0.05) is 16.9 Å². The Labute approximate surface area is 182 Å². The zero-order chi connectivity index (χ0) is 22.6. The van der Waals surface area contributed by atoms with Crippen molar-refractivity contribution in [3.05, 3.63) is 81.6 Å². The van der Waals surface area contributed by atoms with E-state index >= 15 is 0 Å². The molecule has 3 aromatic rings. The van der Waals surface area contributed by atoms with Crippen LogP contribution in [-0.4, -0.2) is 25.2 Å². The van der Waals surface area contributed by atoms with Crippen LogP contribution in [0.2, 0.25) is 0 Å². The van der Waals surface area contributed by atoms with E-state index in [2.05, 4.69) is 9.72 Å². The SMILES string of the molecule is COC(=O)C(=Cc1ccc(Cc2sc(-c3cccc(C(F)(F)F)c3)nc2C)cc1)OC. The van der Waals surface area contributed by atoms with Crippen molar-refractivity contribution in [2.75, 3.05) is 14.2 Å². The van der Waals surface area contributed by atoms with Gasteiger partial charge < -0.3 is 9.47 Å². The maximum atomic E-state index is 13.0. The van der Waals surface area contributed by atoms with E-state index in [1.54, 1.807) is 12.1 Å². The third-order valence-corrected chi connectivity index (χ3v) is 5.78. The molecule has 4 nitrogen and oxygen atoms in total. The minimum atomic E-state index is -4.39. The monoisotopic (exact) mass is 447 g/mol. The van der Waals surface area contributed by atoms with Crippen molar-refractivity contribution >= 4 is 23.4 Å². The third kappa shape index (κ3) is 5.52. The number of hydrogen-bond donors (Lipinski definition) is 0. The van der Waals surface area contributed by atoms with Crippen molar-refractivity contribution in [1.29, 1.82) is 0 Å². The second-order valence-corrected chi connectivity index (χ2v) is 7.81. The summed E-state index contributed by atoms with van der Waals surface area (Å²) in [6, 6.07) is 12.7. The molecule has 0 aliphatic carbocycles. The van der Waals surface area contributed by atoms with Crippen LogP contribution >= 0.6 is 11.3 Å². The van der Waals surface area contributed by atoms with Crippen LogP contribution in [0.5, 0.6) is 0 Å². The number of hydrogen-bond acceptors (Lipinski definition) is 5. The summed E-state index contributed by atoms with van der Waals surface area (Å²) in [6.07, 6.45) is -2.21. The fraction of sp³-hybridized carbons (Fsp3) is 0.217. The number of ether oxygens (including phenoxy) is 2. The number of esters is 1. The molecule has 0 saturated heterocycles. The fourth-order valence-electron chi connectivity index (χ4n) is 2.91. The molecule has 0 spiro atoms. The number of benzene rings is 2. The summed E-state index contributed by atoms with van der Waals surface area (Å²) in [6.45, 7) is 1.85. The van der Waals surface area contributed by atoms with Crippen LogP contribution in [0.25, 0.3) is 16.6 Å². The van der Waals surface area contributed by atoms with E-state index in [9.17, 15) is 18.0 Å². The predicted octanol–water partition coefficient (Wildman–Crippen LogP) is 5.89. The Balaban J connectivity index is 1.80. The van der Waals surface area contributed by atoms with Gasteiger partial charge in [0.15, 0.2) is 0 Å². The van der Waals surface area contributed by atoms with Crippen LogP contribution in [-0.2, 0) is 26.9 Å². The van der Waals surface area contributed by atoms with Crippen LogP contribution in [0.3, 0.4) is 0 Å². The number of carbonyl (C=O) groups excluding carboxylic acids is 1. The molecule has 0 atom stereocenters. The Morgan fingerprint density at radius 1 is 1.10 bits per heavy atom. The van der Waals surface area contributed by atoms with Crippen molar-refractivity contribution in [3.8, 4) is 10.6 Å². The fourth-order valence-corrected chi connectivity index (χ4v) is 4.01. The van der Waals surface area contributed by atoms with Gasteiger partial charge in [-0.1, -0.05) is 36.4 Å². The zero-order valence-corrected chi connectivity index (χ0v) is 17.9. The molecule has 0 saturated carbocycles. The molecule has 8 heteroatoms. The van der Waals surface area contributed by atoms with Gasteiger partial charge in [-0.2, -0.15) is 13.2 Å². The summed E-state index contributed by atoms with van der Waals surface area (Å²) in [7, 11) is 2.68. The number of carbonyl (C=O) groups is 1. The van der Waals surface area contributed by atoms with Gasteiger partial charge in [0.1, 0.15) is 5.01 Å². The number of nitrogens with zero attached hydrogens (tertiary/aromatic N) is 1. The van der Waals surface area contributed by atoms with Crippen molar-refractivity contribution in [2.45, 2.75) is 19.5 Å². The number of aryl methyl sites for hydroxylation is 1. The lowest BCUT2D eigenvalue weighted by Gasteiger charge is -2.07. The Morgan fingerprint density at radius 2 is 1.81 bits per heavy atom. The molecule has 0 N–H and O–H groups in total. The Hall–Kier alpha value is -3.13. The Kier molecular flexibility index (Phi) is 6.80. The van der Waals surface area contributed by atoms with Gasteiger partial charge in [0.2, 0.25) is 5.76 Å². The average molecular weight is 447 g/mol. The summed E-state index contributed by atoms with van der Waals surface area (Å²) in [5.41, 5.74) is 2.33. The first kappa shape index (κ1) is 22.6. The zero-order valence-electron chi connectivity index (χ0n) is 17.1. The lowest BCUT2D eigenvalue weighted by Crippen LogP contribution is -2.06. The van der Waals surface area contributed by atoms with Crippen LogP contribution in [0, 0.1) is 6.92 Å². The van der Waals surface area contributed by atoms with Gasteiger partial charge in [0.25, 0.3) is 0 Å². The van der Waals surface area contributed by atoms with E-state index < -0.39 is 17.7 Å². The van der Waals surface area contributed by atoms with E-state index in [0.29, 0.717) is 17.0 Å². The smallest absolute Gasteiger partial charge is 0.416 e. The van der Waals surface area contributed by atoms with E-state index in [-0.39, 0.29) is 5.76 Å². The second-order valence-electron chi connectivity index (χ2n) is 6.73. The molecular weight excluding hydrogens is 427 g/mol. The van der Waals surface area contributed by atoms with E-state index in [1.807, 2.05) is 31.2 Å². The largest absolute Gasteiger partial charge is 0.490 e. The van der Waals surface area contributed by atoms with Gasteiger partial charge in [-0.05, 0) is 36.3 Å². The molecule has 0 bridgehead atoms. The van der Waals surface area contributed by atoms with Gasteiger partial charge in [-0.3, -0.25) is 0 Å². The van der Waals surface area contributed by atoms with Crippen molar-refractivity contribution in [1.82, 2.24) is 4.98 Å². The molecule has 162 valence electrons. The lowest BCUT2D eigenvalue weighted by molar-refractivity contribution is -0.139. The summed E-state index contributed by atoms with van der Waals surface area (Å²) in [5, 5.41) is 0.556. The first-order valence-corrected chi connectivity index (χ1v) is 10.1. The van der Waals surface area contributed by atoms with Crippen molar-refractivity contribution in [2.24, 2.45) is 0 Å². The van der Waals surface area contributed by atoms with Gasteiger partial charge in [-0.25, -0.2) is 9.78 Å². The topological polar surface area (TPSA) is 48.4 Å². The summed E-state index contributed by atoms with van der Waals surface area (Å²) in [5.74, 6) is -0.465. The number of alkyl halides is 3. The van der Waals surface area contributed by atoms with Gasteiger partial charge >= 0.3 is 12.1 Å². The van der Waals surface area contributed by atoms with Crippen molar-refractivity contribution in [3.63, 3.8) is 0 Å². The highest BCUT2D eigenvalue weighted by molar-refractivity contribution is 7.15. The molecular formula is C23H20F3NO3S. The normalized spacial score (nSPS) is 12.0. The molecule has 0 radical (unpaired) electrons. The highest BCUT2D eigenvalue weighted by Crippen LogP contribution is 2.34. The van der Waals surface area contributed by atoms with E-state index in [4.69, 9.17) is 4.74 Å². The number of halogens is 3. The van der Waals surface area contributed by atoms with Crippen molar-refractivity contribution < 1.29 is 27.4 Å². The summed E-state index contributed by atoms with van der Waals surface area (Å²) in [4.78, 5) is 17.1. The van der Waals surface area contributed by atoms with E-state index in [0.717, 1.165) is 33.8 Å². The predicted molar refractivity (Wildman–Crippen MR) is 114 cm³/mol. The van der Waals surface area contributed by atoms with Crippen LogP contribution in [0.4, 0.5) is 13.2 Å². The van der Waals surface area contributed by atoms with E-state index in [1.165, 1.54) is 31.6 Å². The minimum absolute atomic E-state index is 0.0966. The average Bonchev–Trinajstić information content (AvgIpc) is 3.12. The summed E-state index contributed by atoms with van der Waals surface area (Å²) >= 11 is 1.38. The quantitative estimate of drug-likeness (QED) is 0.269. The van der Waals surface area contributed by atoms with Crippen LogP contribution < -0.4 is 0 Å². The molecule has 0 aliphatic heterocycles. The van der Waals surface area contributed by atoms with Crippen LogP contribution in [0.15, 0.2) is 54.3 Å². The lowest BCUT2D eigenvalue weighted by atomic mass is 10.1. The highest BCUT2D eigenvalue weighted by Gasteiger charge is 2.30. The number of methoxy groups -OCH3 is 2. The molecule has 3 rings (SSSR count). The maximum absolute atomic E-state index is 13.0. The Bertz CT molecular complexity index is 1100. The first-order valence-electron chi connectivity index (χ1n) is 9.28. The molecule has 1 heterocycles. The number of thiazole rings is 1. The second kappa shape index (κ2) is 9.34. The van der Waals surface area contributed by atoms with Crippen LogP contribution in [0.1, 0.15) is 27.3 Å². The molecule has 1 aromatic heterocycles. The Morgan fingerprint density at radius 3 is 2.42 bits per heavy atom. The standard InChI is InChI=1S/C23H20F3NO3S/c1-14-20(31-21(27-14)17-5-4-6-18(13-17)23(24,25)26)12-16-9-7-15(8-10-16)11-19(29-2)22(28)30-3/h4-11,13H,12H2,1-3H3. The molecule has 0 aliphatic rings. The highest BCUT2D eigenvalue weighted by atomic mass is 32.1. The molecule has 2 aromatic carbocycles. The third-order valence-electron chi connectivity index (χ3n) is 4.58. The maximum Gasteiger partial charge on any atom is 0.416 e. The first-order chi connectivity index (χ1) is 14.7. The number of aromatic nitrogens is 1.